The van der Waals surface area contributed by atoms with Gasteiger partial charge in [-0.25, -0.2) is 13.2 Å². The van der Waals surface area contributed by atoms with Crippen molar-refractivity contribution in [2.75, 3.05) is 13.7 Å². The van der Waals surface area contributed by atoms with Gasteiger partial charge < -0.3 is 9.84 Å². The van der Waals surface area contributed by atoms with Crippen LogP contribution >= 0.6 is 11.6 Å². The fourth-order valence-electron chi connectivity index (χ4n) is 3.53. The Morgan fingerprint density at radius 3 is 2.52 bits per heavy atom. The first-order chi connectivity index (χ1) is 14.7. The van der Waals surface area contributed by atoms with Crippen molar-refractivity contribution in [3.05, 3.63) is 58.1 Å². The molecular formula is C23H24ClNO5S. The topological polar surface area (TPSA) is 83.9 Å². The largest absolute Gasteiger partial charge is 0.481 e. The van der Waals surface area contributed by atoms with E-state index < -0.39 is 22.6 Å². The summed E-state index contributed by atoms with van der Waals surface area (Å²) >= 11 is 6.05. The Morgan fingerprint density at radius 2 is 1.84 bits per heavy atom. The van der Waals surface area contributed by atoms with E-state index in [2.05, 4.69) is 11.8 Å². The van der Waals surface area contributed by atoms with E-state index in [1.807, 2.05) is 6.92 Å². The molecule has 0 heterocycles. The fraction of sp³-hybridized carbons (Fsp3) is 0.348. The van der Waals surface area contributed by atoms with Crippen molar-refractivity contribution in [2.45, 2.75) is 43.5 Å². The monoisotopic (exact) mass is 461 g/mol. The molecule has 31 heavy (non-hydrogen) atoms. The van der Waals surface area contributed by atoms with Crippen molar-refractivity contribution < 1.29 is 23.1 Å². The van der Waals surface area contributed by atoms with Gasteiger partial charge in [-0.05, 0) is 55.7 Å². The van der Waals surface area contributed by atoms with Gasteiger partial charge in [0, 0.05) is 23.7 Å². The van der Waals surface area contributed by atoms with Crippen LogP contribution in [0.15, 0.2) is 41.3 Å². The SMILES string of the molecule is Cc1ccc(S(=O)(=O)N(C)C2CCCC2)cc1C#Cc1cc(Cl)ccc1OCC(=O)O. The van der Waals surface area contributed by atoms with Gasteiger partial charge in [-0.1, -0.05) is 42.3 Å². The lowest BCUT2D eigenvalue weighted by Gasteiger charge is -2.23. The Labute approximate surface area is 187 Å². The second-order valence-electron chi connectivity index (χ2n) is 7.51. The predicted octanol–water partition coefficient (Wildman–Crippen LogP) is 4.07. The van der Waals surface area contributed by atoms with E-state index in [1.54, 1.807) is 43.4 Å². The van der Waals surface area contributed by atoms with Crippen LogP contribution in [0.4, 0.5) is 0 Å². The molecule has 0 aromatic heterocycles. The molecule has 0 spiro atoms. The lowest BCUT2D eigenvalue weighted by atomic mass is 10.1. The molecule has 0 saturated heterocycles. The minimum Gasteiger partial charge on any atom is -0.481 e. The number of hydrogen-bond acceptors (Lipinski definition) is 4. The summed E-state index contributed by atoms with van der Waals surface area (Å²) in [5.41, 5.74) is 1.81. The third-order valence-electron chi connectivity index (χ3n) is 5.35. The minimum absolute atomic E-state index is 0.0289. The van der Waals surface area contributed by atoms with Crippen LogP contribution in [0.1, 0.15) is 42.4 Å². The van der Waals surface area contributed by atoms with Crippen LogP contribution in [0.25, 0.3) is 0 Å². The highest BCUT2D eigenvalue weighted by Crippen LogP contribution is 2.28. The van der Waals surface area contributed by atoms with Crippen LogP contribution in [0.2, 0.25) is 5.02 Å². The molecule has 0 atom stereocenters. The first kappa shape index (κ1) is 23.1. The molecule has 1 aliphatic carbocycles. The molecule has 6 nitrogen and oxygen atoms in total. The van der Waals surface area contributed by atoms with Crippen molar-refractivity contribution in [1.29, 1.82) is 0 Å². The third kappa shape index (κ3) is 5.59. The zero-order chi connectivity index (χ0) is 22.6. The fourth-order valence-corrected chi connectivity index (χ4v) is 5.14. The van der Waals surface area contributed by atoms with Crippen molar-refractivity contribution in [2.24, 2.45) is 0 Å². The van der Waals surface area contributed by atoms with Crippen LogP contribution in [0, 0.1) is 18.8 Å². The quantitative estimate of drug-likeness (QED) is 0.655. The predicted molar refractivity (Wildman–Crippen MR) is 119 cm³/mol. The number of aryl methyl sites for hydroxylation is 1. The molecule has 0 bridgehead atoms. The summed E-state index contributed by atoms with van der Waals surface area (Å²) in [6.45, 7) is 1.34. The van der Waals surface area contributed by atoms with E-state index in [9.17, 15) is 13.2 Å². The molecule has 0 aliphatic heterocycles. The van der Waals surface area contributed by atoms with E-state index in [-0.39, 0.29) is 10.9 Å². The zero-order valence-electron chi connectivity index (χ0n) is 17.4. The molecule has 2 aromatic carbocycles. The summed E-state index contributed by atoms with van der Waals surface area (Å²) in [5.74, 6) is 5.11. The van der Waals surface area contributed by atoms with Gasteiger partial charge in [-0.15, -0.1) is 0 Å². The van der Waals surface area contributed by atoms with Crippen molar-refractivity contribution in [3.63, 3.8) is 0 Å². The number of hydrogen-bond donors (Lipinski definition) is 1. The molecule has 1 fully saturated rings. The van der Waals surface area contributed by atoms with Gasteiger partial charge >= 0.3 is 5.97 Å². The van der Waals surface area contributed by atoms with Gasteiger partial charge in [0.15, 0.2) is 6.61 Å². The molecule has 0 amide bonds. The number of carboxylic acid groups (broad SMARTS) is 1. The Balaban J connectivity index is 1.93. The Kier molecular flexibility index (Phi) is 7.26. The number of carbonyl (C=O) groups is 1. The first-order valence-electron chi connectivity index (χ1n) is 9.93. The van der Waals surface area contributed by atoms with Crippen molar-refractivity contribution >= 4 is 27.6 Å². The summed E-state index contributed by atoms with van der Waals surface area (Å²) < 4.78 is 32.9. The highest BCUT2D eigenvalue weighted by atomic mass is 35.5. The van der Waals surface area contributed by atoms with E-state index in [0.717, 1.165) is 31.2 Å². The highest BCUT2D eigenvalue weighted by Gasteiger charge is 2.30. The molecular weight excluding hydrogens is 438 g/mol. The molecule has 2 aromatic rings. The number of ether oxygens (including phenoxy) is 1. The molecule has 1 aliphatic rings. The lowest BCUT2D eigenvalue weighted by Crippen LogP contribution is -2.35. The summed E-state index contributed by atoms with van der Waals surface area (Å²) in [5, 5.41) is 9.28. The molecule has 0 unspecified atom stereocenters. The normalized spacial score (nSPS) is 14.3. The van der Waals surface area contributed by atoms with Gasteiger partial charge in [0.05, 0.1) is 10.5 Å². The zero-order valence-corrected chi connectivity index (χ0v) is 19.0. The van der Waals surface area contributed by atoms with E-state index >= 15 is 0 Å². The average molecular weight is 462 g/mol. The van der Waals surface area contributed by atoms with Gasteiger partial charge in [-0.2, -0.15) is 4.31 Å². The first-order valence-corrected chi connectivity index (χ1v) is 11.7. The standard InChI is InChI=1S/C23H24ClNO5S/c1-16-7-11-21(31(28,29)25(2)20-5-3-4-6-20)14-17(16)8-9-18-13-19(24)10-12-22(18)30-15-23(26)27/h7,10-14,20H,3-6,15H2,1-2H3,(H,26,27). The molecule has 3 rings (SSSR count). The number of halogens is 1. The van der Waals surface area contributed by atoms with Crippen LogP contribution in [-0.2, 0) is 14.8 Å². The third-order valence-corrected chi connectivity index (χ3v) is 7.49. The Hall–Kier alpha value is -2.53. The number of sulfonamides is 1. The highest BCUT2D eigenvalue weighted by molar-refractivity contribution is 7.89. The van der Waals surface area contributed by atoms with Gasteiger partial charge in [0.2, 0.25) is 10.0 Å². The number of aliphatic carboxylic acids is 1. The van der Waals surface area contributed by atoms with Crippen LogP contribution in [0.5, 0.6) is 5.75 Å². The van der Waals surface area contributed by atoms with E-state index in [1.165, 1.54) is 4.31 Å². The number of benzene rings is 2. The molecule has 8 heteroatoms. The lowest BCUT2D eigenvalue weighted by molar-refractivity contribution is -0.139. The van der Waals surface area contributed by atoms with Crippen LogP contribution in [0.3, 0.4) is 0 Å². The van der Waals surface area contributed by atoms with Crippen molar-refractivity contribution in [3.8, 4) is 17.6 Å². The molecule has 1 N–H and O–H groups in total. The number of nitrogens with zero attached hydrogens (tertiary/aromatic N) is 1. The second kappa shape index (κ2) is 9.73. The smallest absolute Gasteiger partial charge is 0.341 e. The van der Waals surface area contributed by atoms with Crippen LogP contribution in [-0.4, -0.2) is 43.5 Å². The second-order valence-corrected chi connectivity index (χ2v) is 9.94. The van der Waals surface area contributed by atoms with E-state index in [4.69, 9.17) is 21.4 Å². The summed E-state index contributed by atoms with van der Waals surface area (Å²) in [7, 11) is -1.99. The Morgan fingerprint density at radius 1 is 1.16 bits per heavy atom. The Bertz CT molecular complexity index is 1140. The van der Waals surface area contributed by atoms with Crippen LogP contribution < -0.4 is 4.74 Å². The maximum Gasteiger partial charge on any atom is 0.341 e. The molecule has 1 saturated carbocycles. The molecule has 0 radical (unpaired) electrons. The number of rotatable bonds is 6. The maximum atomic E-state index is 13.1. The summed E-state index contributed by atoms with van der Waals surface area (Å²) in [6, 6.07) is 9.66. The summed E-state index contributed by atoms with van der Waals surface area (Å²) in [6.07, 6.45) is 3.84. The average Bonchev–Trinajstić information content (AvgIpc) is 3.26. The van der Waals surface area contributed by atoms with Gasteiger partial charge in [0.25, 0.3) is 0 Å². The van der Waals surface area contributed by atoms with Gasteiger partial charge in [-0.3, -0.25) is 0 Å². The minimum atomic E-state index is -3.62. The van der Waals surface area contributed by atoms with E-state index in [0.29, 0.717) is 21.9 Å². The van der Waals surface area contributed by atoms with Gasteiger partial charge in [0.1, 0.15) is 5.75 Å². The molecule has 164 valence electrons. The summed E-state index contributed by atoms with van der Waals surface area (Å²) in [4.78, 5) is 11.0. The number of carboxylic acids is 1. The van der Waals surface area contributed by atoms with Crippen molar-refractivity contribution in [1.82, 2.24) is 4.31 Å². The maximum absolute atomic E-state index is 13.1.